The van der Waals surface area contributed by atoms with Crippen molar-refractivity contribution < 1.29 is 14.2 Å². The molecule has 0 unspecified atom stereocenters. The summed E-state index contributed by atoms with van der Waals surface area (Å²) in [4.78, 5) is 6.34. The topological polar surface area (TPSA) is 67.3 Å². The highest BCUT2D eigenvalue weighted by atomic mass is 127. The Labute approximate surface area is 193 Å². The molecule has 0 heterocycles. The highest BCUT2D eigenvalue weighted by molar-refractivity contribution is 14.0. The first-order valence-electron chi connectivity index (χ1n) is 10.1. The molecule has 1 rings (SSSR count). The molecule has 0 atom stereocenters. The van der Waals surface area contributed by atoms with Gasteiger partial charge in [-0.1, -0.05) is 25.5 Å². The number of ether oxygens (including phenoxy) is 3. The molecule has 0 aliphatic carbocycles. The Morgan fingerprint density at radius 3 is 2.48 bits per heavy atom. The van der Waals surface area contributed by atoms with Crippen LogP contribution in [-0.2, 0) is 16.0 Å². The summed E-state index contributed by atoms with van der Waals surface area (Å²) < 4.78 is 16.8. The van der Waals surface area contributed by atoms with Gasteiger partial charge in [-0.05, 0) is 38.2 Å². The molecular formula is C21H39IN4O3. The molecule has 7 nitrogen and oxygen atoms in total. The summed E-state index contributed by atoms with van der Waals surface area (Å²) in [6, 6.07) is 8.11. The van der Waals surface area contributed by atoms with Gasteiger partial charge in [0.2, 0.25) is 0 Å². The zero-order valence-corrected chi connectivity index (χ0v) is 20.7. The maximum absolute atomic E-state index is 5.78. The Kier molecular flexibility index (Phi) is 18.2. The van der Waals surface area contributed by atoms with Gasteiger partial charge in [0.05, 0.1) is 19.8 Å². The molecule has 1 aromatic rings. The van der Waals surface area contributed by atoms with Crippen LogP contribution in [0.2, 0.25) is 0 Å². The molecule has 29 heavy (non-hydrogen) atoms. The predicted octanol–water partition coefficient (Wildman–Crippen LogP) is 2.74. The van der Waals surface area contributed by atoms with Crippen LogP contribution in [0.4, 0.5) is 0 Å². The number of nitrogens with zero attached hydrogens (tertiary/aromatic N) is 2. The van der Waals surface area contributed by atoms with Gasteiger partial charge >= 0.3 is 0 Å². The fraction of sp³-hybridized carbons (Fsp3) is 0.667. The van der Waals surface area contributed by atoms with Gasteiger partial charge in [-0.15, -0.1) is 24.0 Å². The average Bonchev–Trinajstić information content (AvgIpc) is 2.69. The normalized spacial score (nSPS) is 11.3. The molecule has 0 spiro atoms. The molecule has 0 saturated heterocycles. The Bertz CT molecular complexity index is 544. The van der Waals surface area contributed by atoms with Gasteiger partial charge in [0, 0.05) is 33.3 Å². The van der Waals surface area contributed by atoms with Gasteiger partial charge < -0.3 is 29.7 Å². The minimum Gasteiger partial charge on any atom is -0.492 e. The fourth-order valence-corrected chi connectivity index (χ4v) is 2.31. The van der Waals surface area contributed by atoms with Gasteiger partial charge in [0.1, 0.15) is 12.4 Å². The Morgan fingerprint density at radius 1 is 1.03 bits per heavy atom. The van der Waals surface area contributed by atoms with Crippen molar-refractivity contribution in [2.45, 2.75) is 26.3 Å². The fourth-order valence-electron chi connectivity index (χ4n) is 2.31. The van der Waals surface area contributed by atoms with Crippen LogP contribution < -0.4 is 15.4 Å². The van der Waals surface area contributed by atoms with E-state index in [1.165, 1.54) is 0 Å². The number of nitrogens with one attached hydrogen (secondary N) is 2. The molecule has 0 bridgehead atoms. The van der Waals surface area contributed by atoms with E-state index < -0.39 is 0 Å². The van der Waals surface area contributed by atoms with E-state index in [-0.39, 0.29) is 24.0 Å². The van der Waals surface area contributed by atoms with E-state index in [1.54, 1.807) is 7.05 Å². The molecule has 0 aliphatic heterocycles. The third-order valence-corrected chi connectivity index (χ3v) is 3.94. The van der Waals surface area contributed by atoms with Crippen LogP contribution in [-0.4, -0.2) is 78.1 Å². The van der Waals surface area contributed by atoms with Gasteiger partial charge in [-0.25, -0.2) is 0 Å². The predicted molar refractivity (Wildman–Crippen MR) is 131 cm³/mol. The van der Waals surface area contributed by atoms with Crippen molar-refractivity contribution in [1.82, 2.24) is 15.5 Å². The molecule has 0 radical (unpaired) electrons. The maximum Gasteiger partial charge on any atom is 0.191 e. The van der Waals surface area contributed by atoms with Crippen molar-refractivity contribution in [1.29, 1.82) is 0 Å². The summed E-state index contributed by atoms with van der Waals surface area (Å²) in [7, 11) is 5.84. The quantitative estimate of drug-likeness (QED) is 0.160. The summed E-state index contributed by atoms with van der Waals surface area (Å²) in [5.74, 6) is 1.64. The maximum atomic E-state index is 5.78. The third kappa shape index (κ3) is 15.4. The average molecular weight is 522 g/mol. The summed E-state index contributed by atoms with van der Waals surface area (Å²) in [6.45, 7) is 7.81. The number of hydrogen-bond donors (Lipinski definition) is 2. The number of halogens is 1. The summed E-state index contributed by atoms with van der Waals surface area (Å²) in [5, 5.41) is 6.56. The van der Waals surface area contributed by atoms with Crippen molar-refractivity contribution in [3.05, 3.63) is 29.8 Å². The number of guanidine groups is 1. The zero-order chi connectivity index (χ0) is 20.5. The minimum absolute atomic E-state index is 0. The number of aliphatic imine (C=N–C) groups is 1. The van der Waals surface area contributed by atoms with Crippen molar-refractivity contribution >= 4 is 29.9 Å². The summed E-state index contributed by atoms with van der Waals surface area (Å²) >= 11 is 0. The van der Waals surface area contributed by atoms with E-state index in [0.717, 1.165) is 43.3 Å². The smallest absolute Gasteiger partial charge is 0.191 e. The lowest BCUT2D eigenvalue weighted by atomic mass is 10.2. The number of unbranched alkanes of at least 4 members (excludes halogenated alkanes) is 1. The first-order chi connectivity index (χ1) is 13.7. The van der Waals surface area contributed by atoms with E-state index in [1.807, 2.05) is 26.2 Å². The number of likely N-dealkylation sites (N-methyl/N-ethyl adjacent to an activating group) is 1. The third-order valence-electron chi connectivity index (χ3n) is 3.94. The van der Waals surface area contributed by atoms with Crippen LogP contribution >= 0.6 is 24.0 Å². The molecule has 168 valence electrons. The Hall–Kier alpha value is -1.10. The van der Waals surface area contributed by atoms with Crippen LogP contribution in [0.3, 0.4) is 0 Å². The van der Waals surface area contributed by atoms with E-state index >= 15 is 0 Å². The Morgan fingerprint density at radius 2 is 1.79 bits per heavy atom. The lowest BCUT2D eigenvalue weighted by Crippen LogP contribution is -2.38. The molecule has 0 aliphatic rings. The summed E-state index contributed by atoms with van der Waals surface area (Å²) in [5.41, 5.74) is 1.14. The monoisotopic (exact) mass is 522 g/mol. The van der Waals surface area contributed by atoms with Crippen LogP contribution in [0.25, 0.3) is 0 Å². The molecule has 2 N–H and O–H groups in total. The van der Waals surface area contributed by atoms with Crippen molar-refractivity contribution in [2.24, 2.45) is 4.99 Å². The molecule has 0 aromatic heterocycles. The van der Waals surface area contributed by atoms with Crippen LogP contribution in [0.15, 0.2) is 29.3 Å². The second kappa shape index (κ2) is 18.9. The highest BCUT2D eigenvalue weighted by Gasteiger charge is 2.01. The van der Waals surface area contributed by atoms with Crippen molar-refractivity contribution in [2.75, 3.05) is 67.3 Å². The van der Waals surface area contributed by atoms with E-state index in [9.17, 15) is 0 Å². The first-order valence-corrected chi connectivity index (χ1v) is 10.1. The highest BCUT2D eigenvalue weighted by Crippen LogP contribution is 2.13. The van der Waals surface area contributed by atoms with Gasteiger partial charge in [0.25, 0.3) is 0 Å². The molecule has 0 saturated carbocycles. The van der Waals surface area contributed by atoms with E-state index in [2.05, 4.69) is 39.6 Å². The van der Waals surface area contributed by atoms with Gasteiger partial charge in [-0.3, -0.25) is 4.99 Å². The first kappa shape index (κ1) is 27.9. The number of rotatable bonds is 15. The molecule has 1 aromatic carbocycles. The van der Waals surface area contributed by atoms with Crippen molar-refractivity contribution in [3.8, 4) is 5.75 Å². The molecule has 8 heteroatoms. The SMILES string of the molecule is CCCCOCCOCCNC(=NC)NCc1cccc(OCCN(C)C)c1.I. The van der Waals surface area contributed by atoms with E-state index in [4.69, 9.17) is 14.2 Å². The van der Waals surface area contributed by atoms with Gasteiger partial charge in [0.15, 0.2) is 5.96 Å². The van der Waals surface area contributed by atoms with Gasteiger partial charge in [-0.2, -0.15) is 0 Å². The number of benzene rings is 1. The standard InChI is InChI=1S/C21H38N4O3.HI/c1-5-6-12-26-15-16-27-13-10-23-21(22-2)24-18-19-8-7-9-20(17-19)28-14-11-25(3)4;/h7-9,17H,5-6,10-16,18H2,1-4H3,(H2,22,23,24);1H. The molecular weight excluding hydrogens is 483 g/mol. The van der Waals surface area contributed by atoms with Crippen LogP contribution in [0.1, 0.15) is 25.3 Å². The molecule has 0 fully saturated rings. The van der Waals surface area contributed by atoms with Crippen molar-refractivity contribution in [3.63, 3.8) is 0 Å². The summed E-state index contributed by atoms with van der Waals surface area (Å²) in [6.07, 6.45) is 2.26. The Balaban J connectivity index is 0.00000784. The lowest BCUT2D eigenvalue weighted by molar-refractivity contribution is 0.0487. The van der Waals surface area contributed by atoms with Crippen LogP contribution in [0.5, 0.6) is 5.75 Å². The number of hydrogen-bond acceptors (Lipinski definition) is 5. The lowest BCUT2D eigenvalue weighted by Gasteiger charge is -2.14. The largest absolute Gasteiger partial charge is 0.492 e. The van der Waals surface area contributed by atoms with Crippen LogP contribution in [0, 0.1) is 0 Å². The molecule has 0 amide bonds. The second-order valence-corrected chi connectivity index (χ2v) is 6.73. The van der Waals surface area contributed by atoms with E-state index in [0.29, 0.717) is 39.5 Å². The second-order valence-electron chi connectivity index (χ2n) is 6.73. The zero-order valence-electron chi connectivity index (χ0n) is 18.4. The minimum atomic E-state index is 0.